The molecule has 1 aromatic carbocycles. The Bertz CT molecular complexity index is 1100. The van der Waals surface area contributed by atoms with Crippen LogP contribution in [0.1, 0.15) is 53.5 Å². The maximum atomic E-state index is 13.2. The molecule has 0 saturated heterocycles. The fourth-order valence-corrected chi connectivity index (χ4v) is 3.75. The third kappa shape index (κ3) is 6.71. The van der Waals surface area contributed by atoms with E-state index in [1.165, 1.54) is 11.0 Å². The van der Waals surface area contributed by atoms with Crippen LogP contribution in [-0.4, -0.2) is 52.5 Å². The Morgan fingerprint density at radius 2 is 1.97 bits per heavy atom. The van der Waals surface area contributed by atoms with Gasteiger partial charge in [-0.1, -0.05) is 32.0 Å². The van der Waals surface area contributed by atoms with Gasteiger partial charge >= 0.3 is 18.1 Å². The molecule has 2 N–H and O–H groups in total. The average molecular weight is 493 g/mol. The Morgan fingerprint density at radius 3 is 2.63 bits per heavy atom. The lowest BCUT2D eigenvalue weighted by molar-refractivity contribution is -0.142. The van der Waals surface area contributed by atoms with E-state index in [4.69, 9.17) is 4.74 Å². The number of fused-ring (bicyclic) bond motifs is 1. The zero-order chi connectivity index (χ0) is 25.8. The van der Waals surface area contributed by atoms with E-state index >= 15 is 0 Å². The second-order valence-electron chi connectivity index (χ2n) is 8.63. The quantitative estimate of drug-likeness (QED) is 0.563. The van der Waals surface area contributed by atoms with E-state index in [1.807, 2.05) is 13.8 Å². The fraction of sp³-hybridized carbons (Fsp3) is 0.417. The largest absolute Gasteiger partial charge is 0.481 e. The predicted octanol–water partition coefficient (Wildman–Crippen LogP) is 3.93. The molecular weight excluding hydrogens is 467 g/mol. The molecule has 1 aliphatic heterocycles. The van der Waals surface area contributed by atoms with Crippen LogP contribution in [0.15, 0.2) is 36.4 Å². The van der Waals surface area contributed by atoms with Gasteiger partial charge in [-0.3, -0.25) is 9.59 Å². The average Bonchev–Trinajstić information content (AvgIpc) is 2.95. The Morgan fingerprint density at radius 1 is 1.23 bits per heavy atom. The molecule has 0 radical (unpaired) electrons. The van der Waals surface area contributed by atoms with Crippen molar-refractivity contribution in [3.05, 3.63) is 58.8 Å². The van der Waals surface area contributed by atoms with E-state index in [9.17, 15) is 32.7 Å². The summed E-state index contributed by atoms with van der Waals surface area (Å²) < 4.78 is 44.5. The first kappa shape index (κ1) is 26.0. The number of nitrogens with zero attached hydrogens (tertiary/aromatic N) is 2. The maximum Gasteiger partial charge on any atom is 0.433 e. The summed E-state index contributed by atoms with van der Waals surface area (Å²) in [6, 6.07) is 7.29. The van der Waals surface area contributed by atoms with Gasteiger partial charge in [-0.25, -0.2) is 9.78 Å². The first-order valence-corrected chi connectivity index (χ1v) is 11.0. The first-order chi connectivity index (χ1) is 16.5. The molecule has 1 aliphatic rings. The summed E-state index contributed by atoms with van der Waals surface area (Å²) in [6.45, 7) is 4.21. The minimum atomic E-state index is -4.66. The zero-order valence-electron chi connectivity index (χ0n) is 19.3. The van der Waals surface area contributed by atoms with Crippen molar-refractivity contribution in [2.24, 2.45) is 5.92 Å². The number of aromatic nitrogens is 1. The van der Waals surface area contributed by atoms with E-state index < -0.39 is 42.2 Å². The minimum absolute atomic E-state index is 0.0601. The van der Waals surface area contributed by atoms with Crippen molar-refractivity contribution in [3.63, 3.8) is 0 Å². The maximum absolute atomic E-state index is 13.2. The van der Waals surface area contributed by atoms with Crippen molar-refractivity contribution in [3.8, 4) is 0 Å². The number of benzene rings is 1. The topological polar surface area (TPSA) is 109 Å². The molecule has 0 unspecified atom stereocenters. The van der Waals surface area contributed by atoms with Gasteiger partial charge in [0.05, 0.1) is 31.1 Å². The smallest absolute Gasteiger partial charge is 0.433 e. The molecule has 3 rings (SSSR count). The van der Waals surface area contributed by atoms with E-state index in [-0.39, 0.29) is 49.0 Å². The Kier molecular flexibility index (Phi) is 7.98. The van der Waals surface area contributed by atoms with E-state index in [2.05, 4.69) is 10.3 Å². The summed E-state index contributed by atoms with van der Waals surface area (Å²) in [5, 5.41) is 12.2. The Labute approximate surface area is 200 Å². The summed E-state index contributed by atoms with van der Waals surface area (Å²) in [4.78, 5) is 42.0. The summed E-state index contributed by atoms with van der Waals surface area (Å²) in [7, 11) is 0. The highest BCUT2D eigenvalue weighted by Gasteiger charge is 2.36. The molecule has 0 fully saturated rings. The van der Waals surface area contributed by atoms with Crippen molar-refractivity contribution >= 4 is 23.7 Å². The van der Waals surface area contributed by atoms with Gasteiger partial charge < -0.3 is 20.1 Å². The molecule has 35 heavy (non-hydrogen) atoms. The second kappa shape index (κ2) is 10.7. The van der Waals surface area contributed by atoms with Gasteiger partial charge in [0, 0.05) is 18.7 Å². The third-order valence-electron chi connectivity index (χ3n) is 5.35. The zero-order valence-corrected chi connectivity index (χ0v) is 19.3. The number of pyridine rings is 1. The third-order valence-corrected chi connectivity index (χ3v) is 5.35. The van der Waals surface area contributed by atoms with Crippen LogP contribution in [0.5, 0.6) is 0 Å². The van der Waals surface area contributed by atoms with Gasteiger partial charge in [-0.05, 0) is 29.7 Å². The molecule has 0 saturated carbocycles. The van der Waals surface area contributed by atoms with Gasteiger partial charge in [-0.2, -0.15) is 13.2 Å². The number of alkyl halides is 3. The van der Waals surface area contributed by atoms with Crippen molar-refractivity contribution < 1.29 is 37.4 Å². The number of aliphatic carboxylic acids is 1. The number of esters is 1. The molecular formula is C24H26F3N3O5. The molecule has 1 aromatic heterocycles. The van der Waals surface area contributed by atoms with Crippen LogP contribution in [-0.2, 0) is 26.9 Å². The lowest BCUT2D eigenvalue weighted by Gasteiger charge is -2.29. The highest BCUT2D eigenvalue weighted by Crippen LogP contribution is 2.35. The molecule has 0 spiro atoms. The summed E-state index contributed by atoms with van der Waals surface area (Å²) in [5.41, 5.74) is -0.119. The number of ether oxygens (including phenoxy) is 1. The van der Waals surface area contributed by atoms with Crippen molar-refractivity contribution in [1.82, 2.24) is 9.88 Å². The number of rotatable bonds is 7. The number of hydrogen-bond donors (Lipinski definition) is 2. The summed E-state index contributed by atoms with van der Waals surface area (Å²) in [6.07, 6.45) is -5.30. The van der Waals surface area contributed by atoms with Crippen LogP contribution in [0.3, 0.4) is 0 Å². The fourth-order valence-electron chi connectivity index (χ4n) is 3.75. The van der Waals surface area contributed by atoms with Crippen molar-refractivity contribution in [1.29, 1.82) is 0 Å². The SMILES string of the molecule is CC(C)COC(=O)c1cccc(CC(=O)N2CCNc3nc(C(F)(F)F)ccc3[C@H]2CC(=O)O)c1. The van der Waals surface area contributed by atoms with Gasteiger partial charge in [0.2, 0.25) is 5.91 Å². The number of anilines is 1. The van der Waals surface area contributed by atoms with Crippen LogP contribution in [0.2, 0.25) is 0 Å². The standard InChI is InChI=1S/C24H26F3N3O5/c1-14(2)13-35-23(34)16-5-3-4-15(10-16)11-20(31)30-9-8-28-22-17(18(30)12-21(32)33)6-7-19(29-22)24(25,26)27/h3-7,10,14,18H,8-9,11-13H2,1-2H3,(H,28,29)(H,32,33)/t18-/m1/s1. The molecule has 1 atom stereocenters. The normalized spacial score (nSPS) is 15.7. The number of carboxylic acids is 1. The molecule has 1 amide bonds. The molecule has 188 valence electrons. The minimum Gasteiger partial charge on any atom is -0.481 e. The molecule has 2 aromatic rings. The number of halogens is 3. The molecule has 0 bridgehead atoms. The van der Waals surface area contributed by atoms with Gasteiger partial charge in [-0.15, -0.1) is 0 Å². The van der Waals surface area contributed by atoms with Gasteiger partial charge in [0.25, 0.3) is 0 Å². The summed E-state index contributed by atoms with van der Waals surface area (Å²) in [5.74, 6) is -2.10. The lowest BCUT2D eigenvalue weighted by atomic mass is 10.0. The van der Waals surface area contributed by atoms with Gasteiger partial charge in [0.1, 0.15) is 11.5 Å². The van der Waals surface area contributed by atoms with Crippen LogP contribution < -0.4 is 5.32 Å². The number of hydrogen-bond acceptors (Lipinski definition) is 6. The van der Waals surface area contributed by atoms with Crippen LogP contribution in [0.4, 0.5) is 19.0 Å². The van der Waals surface area contributed by atoms with Crippen LogP contribution in [0.25, 0.3) is 0 Å². The number of amides is 1. The second-order valence-corrected chi connectivity index (χ2v) is 8.63. The van der Waals surface area contributed by atoms with E-state index in [0.29, 0.717) is 5.56 Å². The van der Waals surface area contributed by atoms with Crippen LogP contribution >= 0.6 is 0 Å². The number of carbonyl (C=O) groups is 3. The summed E-state index contributed by atoms with van der Waals surface area (Å²) >= 11 is 0. The number of carbonyl (C=O) groups excluding carboxylic acids is 2. The predicted molar refractivity (Wildman–Crippen MR) is 120 cm³/mol. The number of carboxylic acid groups (broad SMARTS) is 1. The Hall–Kier alpha value is -3.63. The highest BCUT2D eigenvalue weighted by atomic mass is 19.4. The highest BCUT2D eigenvalue weighted by molar-refractivity contribution is 5.90. The molecule has 2 heterocycles. The lowest BCUT2D eigenvalue weighted by Crippen LogP contribution is -2.38. The first-order valence-electron chi connectivity index (χ1n) is 11.0. The van der Waals surface area contributed by atoms with Crippen LogP contribution in [0, 0.1) is 5.92 Å². The van der Waals surface area contributed by atoms with Crippen molar-refractivity contribution in [2.45, 2.75) is 38.9 Å². The van der Waals surface area contributed by atoms with Crippen molar-refractivity contribution in [2.75, 3.05) is 25.0 Å². The van der Waals surface area contributed by atoms with E-state index in [0.717, 1.165) is 12.1 Å². The monoisotopic (exact) mass is 493 g/mol. The van der Waals surface area contributed by atoms with Gasteiger partial charge in [0.15, 0.2) is 0 Å². The molecule has 11 heteroatoms. The number of nitrogens with one attached hydrogen (secondary N) is 1. The molecule has 0 aliphatic carbocycles. The Balaban J connectivity index is 1.85. The van der Waals surface area contributed by atoms with E-state index in [1.54, 1.807) is 18.2 Å². The molecule has 8 nitrogen and oxygen atoms in total.